The number of hydrogen-bond donors (Lipinski definition) is 2. The lowest BCUT2D eigenvalue weighted by Gasteiger charge is -2.11. The predicted octanol–water partition coefficient (Wildman–Crippen LogP) is 3.12. The topological polar surface area (TPSA) is 72.5 Å². The van der Waals surface area contributed by atoms with E-state index in [-0.39, 0.29) is 11.8 Å². The highest BCUT2D eigenvalue weighted by atomic mass is 19.3. The van der Waals surface area contributed by atoms with Crippen molar-refractivity contribution in [3.63, 3.8) is 0 Å². The van der Waals surface area contributed by atoms with Crippen LogP contribution < -0.4 is 20.1 Å². The lowest BCUT2D eigenvalue weighted by atomic mass is 10.1. The fraction of sp³-hybridized carbons (Fsp3) is 0.333. The molecule has 6 nitrogen and oxygen atoms in total. The molecule has 0 fully saturated rings. The molecule has 2 aromatic rings. The molecule has 140 valence electrons. The first-order valence-corrected chi connectivity index (χ1v) is 8.20. The van der Waals surface area contributed by atoms with Crippen molar-refractivity contribution in [1.29, 1.82) is 0 Å². The Bertz CT molecular complexity index is 696. The number of aromatic nitrogens is 1. The van der Waals surface area contributed by atoms with Crippen LogP contribution in [-0.4, -0.2) is 30.8 Å². The molecule has 0 saturated carbocycles. The molecule has 0 atom stereocenters. The Kier molecular flexibility index (Phi) is 7.60. The van der Waals surface area contributed by atoms with Gasteiger partial charge in [0.05, 0.1) is 6.61 Å². The Balaban J connectivity index is 1.72. The lowest BCUT2D eigenvalue weighted by Crippen LogP contribution is -2.36. The second kappa shape index (κ2) is 10.2. The van der Waals surface area contributed by atoms with Crippen LogP contribution in [0, 0.1) is 0 Å². The molecule has 1 aromatic heterocycles. The van der Waals surface area contributed by atoms with E-state index in [4.69, 9.17) is 4.74 Å². The Hall–Kier alpha value is -2.90. The number of ether oxygens (including phenoxy) is 2. The minimum Gasteiger partial charge on any atom is -0.478 e. The highest BCUT2D eigenvalue weighted by Crippen LogP contribution is 2.15. The van der Waals surface area contributed by atoms with Crippen LogP contribution in [0.4, 0.5) is 13.6 Å². The number of rotatable bonds is 9. The molecule has 1 heterocycles. The summed E-state index contributed by atoms with van der Waals surface area (Å²) in [5, 5.41) is 5.48. The average Bonchev–Trinajstić information content (AvgIpc) is 2.62. The molecule has 1 aromatic carbocycles. The van der Waals surface area contributed by atoms with Crippen molar-refractivity contribution in [2.45, 2.75) is 26.5 Å². The summed E-state index contributed by atoms with van der Waals surface area (Å²) in [6, 6.07) is 9.61. The number of pyridine rings is 1. The van der Waals surface area contributed by atoms with E-state index in [1.165, 1.54) is 12.1 Å². The van der Waals surface area contributed by atoms with Gasteiger partial charge in [0.25, 0.3) is 0 Å². The normalized spacial score (nSPS) is 10.5. The monoisotopic (exact) mass is 365 g/mol. The molecule has 0 aliphatic carbocycles. The van der Waals surface area contributed by atoms with Gasteiger partial charge in [-0.1, -0.05) is 18.2 Å². The van der Waals surface area contributed by atoms with Crippen molar-refractivity contribution in [3.8, 4) is 11.6 Å². The molecular weight excluding hydrogens is 344 g/mol. The second-order valence-electron chi connectivity index (χ2n) is 5.28. The van der Waals surface area contributed by atoms with Crippen molar-refractivity contribution >= 4 is 6.03 Å². The molecule has 0 unspecified atom stereocenters. The summed E-state index contributed by atoms with van der Waals surface area (Å²) in [7, 11) is 0. The standard InChI is InChI=1S/C18H21F2N3O3/c1-2-25-16-14(4-3-10-21-16)12-23-18(24)22-11-9-13-5-7-15(8-6-13)26-17(19)20/h3-8,10,17H,2,9,11-12H2,1H3,(H2,22,23,24). The quantitative estimate of drug-likeness (QED) is 0.716. The minimum atomic E-state index is -2.84. The Morgan fingerprint density at radius 1 is 1.19 bits per heavy atom. The zero-order valence-corrected chi connectivity index (χ0v) is 14.4. The number of amides is 2. The van der Waals surface area contributed by atoms with E-state index in [0.717, 1.165) is 11.1 Å². The van der Waals surface area contributed by atoms with Gasteiger partial charge in [-0.25, -0.2) is 9.78 Å². The number of urea groups is 1. The van der Waals surface area contributed by atoms with Crippen LogP contribution in [0.3, 0.4) is 0 Å². The van der Waals surface area contributed by atoms with Crippen LogP contribution >= 0.6 is 0 Å². The average molecular weight is 365 g/mol. The van der Waals surface area contributed by atoms with Gasteiger partial charge in [0, 0.05) is 24.8 Å². The van der Waals surface area contributed by atoms with Crippen LogP contribution in [0.25, 0.3) is 0 Å². The van der Waals surface area contributed by atoms with E-state index < -0.39 is 6.61 Å². The zero-order valence-electron chi connectivity index (χ0n) is 14.4. The van der Waals surface area contributed by atoms with Gasteiger partial charge in [0.2, 0.25) is 5.88 Å². The fourth-order valence-corrected chi connectivity index (χ4v) is 2.22. The molecule has 0 radical (unpaired) electrons. The number of nitrogens with one attached hydrogen (secondary N) is 2. The van der Waals surface area contributed by atoms with E-state index in [9.17, 15) is 13.6 Å². The first kappa shape index (κ1) is 19.4. The van der Waals surface area contributed by atoms with E-state index >= 15 is 0 Å². The van der Waals surface area contributed by atoms with E-state index in [1.807, 2.05) is 13.0 Å². The number of hydrogen-bond acceptors (Lipinski definition) is 4. The highest BCUT2D eigenvalue weighted by molar-refractivity contribution is 5.73. The third-order valence-electron chi connectivity index (χ3n) is 3.42. The number of carbonyl (C=O) groups excluding carboxylic acids is 1. The van der Waals surface area contributed by atoms with Gasteiger partial charge in [-0.3, -0.25) is 0 Å². The van der Waals surface area contributed by atoms with Crippen LogP contribution in [-0.2, 0) is 13.0 Å². The summed E-state index contributed by atoms with van der Waals surface area (Å²) in [6.45, 7) is 0.234. The van der Waals surface area contributed by atoms with Crippen LogP contribution in [0.15, 0.2) is 42.6 Å². The van der Waals surface area contributed by atoms with Crippen LogP contribution in [0.2, 0.25) is 0 Å². The van der Waals surface area contributed by atoms with Crippen molar-refractivity contribution in [3.05, 3.63) is 53.7 Å². The van der Waals surface area contributed by atoms with Crippen molar-refractivity contribution in [1.82, 2.24) is 15.6 Å². The van der Waals surface area contributed by atoms with Gasteiger partial charge in [-0.05, 0) is 37.1 Å². The number of alkyl halides is 2. The molecule has 0 aliphatic heterocycles. The number of nitrogens with zero attached hydrogens (tertiary/aromatic N) is 1. The Morgan fingerprint density at radius 2 is 1.96 bits per heavy atom. The molecule has 0 bridgehead atoms. The third kappa shape index (κ3) is 6.54. The van der Waals surface area contributed by atoms with E-state index in [0.29, 0.717) is 32.0 Å². The van der Waals surface area contributed by atoms with Crippen molar-refractivity contribution in [2.24, 2.45) is 0 Å². The second-order valence-corrected chi connectivity index (χ2v) is 5.28. The maximum absolute atomic E-state index is 12.1. The largest absolute Gasteiger partial charge is 0.478 e. The number of carbonyl (C=O) groups is 1. The predicted molar refractivity (Wildman–Crippen MR) is 92.4 cm³/mol. The summed E-state index contributed by atoms with van der Waals surface area (Å²) in [6.07, 6.45) is 2.20. The summed E-state index contributed by atoms with van der Waals surface area (Å²) in [5.74, 6) is 0.609. The SMILES string of the molecule is CCOc1ncccc1CNC(=O)NCCc1ccc(OC(F)F)cc1. The summed E-state index contributed by atoms with van der Waals surface area (Å²) in [5.41, 5.74) is 1.69. The first-order valence-electron chi connectivity index (χ1n) is 8.20. The lowest BCUT2D eigenvalue weighted by molar-refractivity contribution is -0.0498. The molecule has 0 saturated heterocycles. The molecule has 0 aliphatic rings. The van der Waals surface area contributed by atoms with E-state index in [2.05, 4.69) is 20.4 Å². The first-order chi connectivity index (χ1) is 12.6. The molecule has 2 amide bonds. The summed E-state index contributed by atoms with van der Waals surface area (Å²) >= 11 is 0. The maximum Gasteiger partial charge on any atom is 0.387 e. The van der Waals surface area contributed by atoms with Crippen LogP contribution in [0.5, 0.6) is 11.6 Å². The minimum absolute atomic E-state index is 0.107. The fourth-order valence-electron chi connectivity index (χ4n) is 2.22. The molecule has 2 rings (SSSR count). The third-order valence-corrected chi connectivity index (χ3v) is 3.42. The molecule has 8 heteroatoms. The van der Waals surface area contributed by atoms with E-state index in [1.54, 1.807) is 24.4 Å². The Morgan fingerprint density at radius 3 is 2.65 bits per heavy atom. The van der Waals surface area contributed by atoms with Gasteiger partial charge in [-0.2, -0.15) is 8.78 Å². The smallest absolute Gasteiger partial charge is 0.387 e. The summed E-state index contributed by atoms with van der Waals surface area (Å²) < 4.78 is 33.9. The molecule has 26 heavy (non-hydrogen) atoms. The van der Waals surface area contributed by atoms with Crippen molar-refractivity contribution in [2.75, 3.05) is 13.2 Å². The molecular formula is C18H21F2N3O3. The van der Waals surface area contributed by atoms with Crippen molar-refractivity contribution < 1.29 is 23.0 Å². The van der Waals surface area contributed by atoms with Gasteiger partial charge in [-0.15, -0.1) is 0 Å². The maximum atomic E-state index is 12.1. The Labute approximate surface area is 150 Å². The van der Waals surface area contributed by atoms with Gasteiger partial charge >= 0.3 is 12.6 Å². The van der Waals surface area contributed by atoms with Gasteiger partial charge in [0.15, 0.2) is 0 Å². The zero-order chi connectivity index (χ0) is 18.8. The number of benzene rings is 1. The summed E-state index contributed by atoms with van der Waals surface area (Å²) in [4.78, 5) is 16.0. The highest BCUT2D eigenvalue weighted by Gasteiger charge is 2.07. The molecule has 2 N–H and O–H groups in total. The van der Waals surface area contributed by atoms with Crippen LogP contribution in [0.1, 0.15) is 18.1 Å². The van der Waals surface area contributed by atoms with Gasteiger partial charge < -0.3 is 20.1 Å². The molecule has 0 spiro atoms. The van der Waals surface area contributed by atoms with Gasteiger partial charge in [0.1, 0.15) is 5.75 Å². The number of halogens is 2.